The van der Waals surface area contributed by atoms with E-state index in [9.17, 15) is 4.39 Å². The Balaban J connectivity index is 2.69. The quantitative estimate of drug-likeness (QED) is 0.526. The molecule has 0 aromatic carbocycles. The predicted molar refractivity (Wildman–Crippen MR) is 60.0 cm³/mol. The minimum absolute atomic E-state index is 0.0204. The summed E-state index contributed by atoms with van der Waals surface area (Å²) in [6, 6.07) is 0. The third-order valence-corrected chi connectivity index (χ3v) is 2.12. The Kier molecular flexibility index (Phi) is 3.88. The van der Waals surface area contributed by atoms with Crippen LogP contribution in [0.15, 0.2) is 36.6 Å². The Hall–Kier alpha value is -0.865. The molecule has 15 heavy (non-hydrogen) atoms. The molecule has 2 nitrogen and oxygen atoms in total. The van der Waals surface area contributed by atoms with E-state index in [0.717, 1.165) is 0 Å². The predicted octanol–water partition coefficient (Wildman–Crippen LogP) is 2.68. The van der Waals surface area contributed by atoms with Gasteiger partial charge in [-0.05, 0) is 0 Å². The molecule has 1 saturated heterocycles. The third kappa shape index (κ3) is 3.32. The van der Waals surface area contributed by atoms with E-state index in [0.29, 0.717) is 18.7 Å². The van der Waals surface area contributed by atoms with E-state index in [1.165, 1.54) is 12.2 Å². The number of halogens is 1. The second-order valence-electron chi connectivity index (χ2n) is 4.38. The van der Waals surface area contributed by atoms with Crippen LogP contribution in [0.25, 0.3) is 0 Å². The average molecular weight is 210 g/mol. The molecule has 0 atom stereocenters. The highest BCUT2D eigenvalue weighted by Crippen LogP contribution is 2.26. The fraction of sp³-hybridized carbons (Fsp3) is 0.455. The van der Waals surface area contributed by atoms with Gasteiger partial charge in [0.05, 0.1) is 0 Å². The lowest BCUT2D eigenvalue weighted by Gasteiger charge is -2.33. The van der Waals surface area contributed by atoms with Crippen molar-refractivity contribution in [3.63, 3.8) is 0 Å². The topological polar surface area (TPSA) is 18.5 Å². The Bertz CT molecular complexity index is 287. The fourth-order valence-electron chi connectivity index (χ4n) is 1.30. The molecule has 4 heteroatoms. The van der Waals surface area contributed by atoms with Crippen molar-refractivity contribution in [1.29, 1.82) is 0 Å². The zero-order valence-electron chi connectivity index (χ0n) is 9.25. The summed E-state index contributed by atoms with van der Waals surface area (Å²) >= 11 is 0. The van der Waals surface area contributed by atoms with Crippen molar-refractivity contribution in [2.45, 2.75) is 13.8 Å². The largest absolute Gasteiger partial charge is 0.496 e. The van der Waals surface area contributed by atoms with Gasteiger partial charge in [-0.2, -0.15) is 0 Å². The first-order chi connectivity index (χ1) is 6.96. The Morgan fingerprint density at radius 2 is 1.93 bits per heavy atom. The first-order valence-electron chi connectivity index (χ1n) is 4.87. The Labute approximate surface area is 90.6 Å². The molecule has 0 spiro atoms. The van der Waals surface area contributed by atoms with Crippen molar-refractivity contribution >= 4 is 7.12 Å². The second-order valence-corrected chi connectivity index (χ2v) is 4.38. The Morgan fingerprint density at radius 3 is 2.33 bits per heavy atom. The average Bonchev–Trinajstić information content (AvgIpc) is 2.14. The molecule has 0 aromatic heterocycles. The van der Waals surface area contributed by atoms with E-state index in [1.807, 2.05) is 13.8 Å². The van der Waals surface area contributed by atoms with Gasteiger partial charge in [-0.25, -0.2) is 4.39 Å². The van der Waals surface area contributed by atoms with Crippen LogP contribution in [0, 0.1) is 5.41 Å². The summed E-state index contributed by atoms with van der Waals surface area (Å²) in [6.07, 6.45) is 3.01. The normalized spacial score (nSPS) is 21.3. The van der Waals surface area contributed by atoms with Gasteiger partial charge in [0.1, 0.15) is 5.83 Å². The van der Waals surface area contributed by atoms with Crippen LogP contribution in [0.1, 0.15) is 13.8 Å². The summed E-state index contributed by atoms with van der Waals surface area (Å²) < 4.78 is 23.9. The van der Waals surface area contributed by atoms with Gasteiger partial charge in [0.15, 0.2) is 0 Å². The zero-order valence-corrected chi connectivity index (χ0v) is 9.25. The van der Waals surface area contributed by atoms with Crippen molar-refractivity contribution in [2.75, 3.05) is 13.2 Å². The van der Waals surface area contributed by atoms with Gasteiger partial charge in [-0.15, -0.1) is 0 Å². The smallest absolute Gasteiger partial charge is 0.407 e. The van der Waals surface area contributed by atoms with Crippen LogP contribution in [-0.4, -0.2) is 20.3 Å². The molecule has 82 valence electrons. The van der Waals surface area contributed by atoms with Gasteiger partial charge in [-0.3, -0.25) is 0 Å². The van der Waals surface area contributed by atoms with Crippen LogP contribution in [-0.2, 0) is 9.31 Å². The molecule has 0 aliphatic carbocycles. The summed E-state index contributed by atoms with van der Waals surface area (Å²) in [5.41, 5.74) is 0.286. The fourth-order valence-corrected chi connectivity index (χ4v) is 1.30. The van der Waals surface area contributed by atoms with Crippen LogP contribution >= 0.6 is 0 Å². The standard InChI is InChI=1S/C11H16BFO2/c1-5-6-10(9(2)13)12-14-7-11(3,4)8-15-12/h5-6H,1-2,7-8H2,3-4H3. The SMILES string of the molecule is C=CC=C(B1OCC(C)(C)CO1)C(=C)F. The molecule has 0 bridgehead atoms. The third-order valence-electron chi connectivity index (χ3n) is 2.12. The molecule has 1 aliphatic rings. The maximum absolute atomic E-state index is 13.1. The summed E-state index contributed by atoms with van der Waals surface area (Å²) in [4.78, 5) is 0. The number of hydrogen-bond donors (Lipinski definition) is 0. The molecule has 1 fully saturated rings. The van der Waals surface area contributed by atoms with Crippen LogP contribution in [0.2, 0.25) is 0 Å². The molecule has 0 N–H and O–H groups in total. The maximum Gasteiger partial charge on any atom is 0.496 e. The van der Waals surface area contributed by atoms with Crippen molar-refractivity contribution in [3.8, 4) is 0 Å². The molecule has 0 radical (unpaired) electrons. The minimum Gasteiger partial charge on any atom is -0.407 e. The lowest BCUT2D eigenvalue weighted by molar-refractivity contribution is 0.0321. The molecule has 1 heterocycles. The maximum atomic E-state index is 13.1. The highest BCUT2D eigenvalue weighted by molar-refractivity contribution is 6.55. The lowest BCUT2D eigenvalue weighted by Crippen LogP contribution is -2.42. The van der Waals surface area contributed by atoms with Gasteiger partial charge in [0.25, 0.3) is 0 Å². The van der Waals surface area contributed by atoms with Gasteiger partial charge in [-0.1, -0.05) is 39.2 Å². The first kappa shape index (κ1) is 12.2. The molecule has 0 saturated carbocycles. The van der Waals surface area contributed by atoms with E-state index in [4.69, 9.17) is 9.31 Å². The molecular weight excluding hydrogens is 194 g/mol. The monoisotopic (exact) mass is 210 g/mol. The molecule has 0 unspecified atom stereocenters. The van der Waals surface area contributed by atoms with Crippen molar-refractivity contribution in [2.24, 2.45) is 5.41 Å². The highest BCUT2D eigenvalue weighted by atomic mass is 19.1. The van der Waals surface area contributed by atoms with Gasteiger partial charge < -0.3 is 9.31 Å². The van der Waals surface area contributed by atoms with Crippen molar-refractivity contribution < 1.29 is 13.7 Å². The molecule has 0 aromatic rings. The summed E-state index contributed by atoms with van der Waals surface area (Å²) in [5.74, 6) is -0.542. The number of allylic oxidation sites excluding steroid dienone is 4. The van der Waals surface area contributed by atoms with E-state index in [1.54, 1.807) is 0 Å². The number of rotatable bonds is 3. The van der Waals surface area contributed by atoms with Gasteiger partial charge in [0.2, 0.25) is 0 Å². The first-order valence-corrected chi connectivity index (χ1v) is 4.87. The van der Waals surface area contributed by atoms with Gasteiger partial charge in [0, 0.05) is 24.1 Å². The van der Waals surface area contributed by atoms with Crippen molar-refractivity contribution in [1.82, 2.24) is 0 Å². The molecule has 1 aliphatic heterocycles. The van der Waals surface area contributed by atoms with Crippen LogP contribution in [0.3, 0.4) is 0 Å². The lowest BCUT2D eigenvalue weighted by atomic mass is 9.74. The number of hydrogen-bond acceptors (Lipinski definition) is 2. The van der Waals surface area contributed by atoms with Crippen LogP contribution in [0.5, 0.6) is 0 Å². The van der Waals surface area contributed by atoms with Crippen molar-refractivity contribution in [3.05, 3.63) is 36.6 Å². The molecular formula is C11H16BFO2. The molecule has 0 amide bonds. The van der Waals surface area contributed by atoms with E-state index in [-0.39, 0.29) is 5.41 Å². The van der Waals surface area contributed by atoms with E-state index >= 15 is 0 Å². The van der Waals surface area contributed by atoms with Crippen LogP contribution in [0.4, 0.5) is 4.39 Å². The second kappa shape index (κ2) is 4.77. The highest BCUT2D eigenvalue weighted by Gasteiger charge is 2.35. The van der Waals surface area contributed by atoms with Gasteiger partial charge >= 0.3 is 7.12 Å². The minimum atomic E-state index is -0.659. The summed E-state index contributed by atoms with van der Waals surface area (Å²) in [7, 11) is -0.659. The Morgan fingerprint density at radius 1 is 1.40 bits per heavy atom. The van der Waals surface area contributed by atoms with E-state index < -0.39 is 12.9 Å². The molecule has 1 rings (SSSR count). The summed E-state index contributed by atoms with van der Waals surface area (Å²) in [5, 5.41) is 0. The summed E-state index contributed by atoms with van der Waals surface area (Å²) in [6.45, 7) is 11.9. The van der Waals surface area contributed by atoms with Crippen LogP contribution < -0.4 is 0 Å². The van der Waals surface area contributed by atoms with E-state index in [2.05, 4.69) is 13.2 Å². The zero-order chi connectivity index (χ0) is 11.5.